The lowest BCUT2D eigenvalue weighted by Crippen LogP contribution is -2.34. The van der Waals surface area contributed by atoms with E-state index < -0.39 is 11.7 Å². The van der Waals surface area contributed by atoms with Gasteiger partial charge in [0.15, 0.2) is 0 Å². The molecule has 0 aliphatic heterocycles. The van der Waals surface area contributed by atoms with E-state index >= 15 is 0 Å². The van der Waals surface area contributed by atoms with Crippen LogP contribution < -0.4 is 15.4 Å². The fourth-order valence-electron chi connectivity index (χ4n) is 2.53. The predicted molar refractivity (Wildman–Crippen MR) is 114 cm³/mol. The molecule has 0 heterocycles. The molecule has 2 N–H and O–H groups in total. The van der Waals surface area contributed by atoms with Crippen LogP contribution in [-0.4, -0.2) is 31.9 Å². The summed E-state index contributed by atoms with van der Waals surface area (Å²) < 4.78 is 11.0. The third-order valence-corrected chi connectivity index (χ3v) is 4.38. The number of carbonyl (C=O) groups excluding carboxylic acids is 1. The maximum absolute atomic E-state index is 11.7. The van der Waals surface area contributed by atoms with Gasteiger partial charge >= 0.3 is 6.09 Å². The second-order valence-corrected chi connectivity index (χ2v) is 8.12. The molecule has 0 aliphatic rings. The van der Waals surface area contributed by atoms with E-state index in [4.69, 9.17) is 32.7 Å². The maximum atomic E-state index is 11.7. The summed E-state index contributed by atoms with van der Waals surface area (Å²) >= 11 is 12.2. The van der Waals surface area contributed by atoms with Gasteiger partial charge in [-0.3, -0.25) is 0 Å². The number of alkyl carbamates (subject to hydrolysis) is 1. The van der Waals surface area contributed by atoms with Crippen LogP contribution in [0.1, 0.15) is 26.3 Å². The lowest BCUT2D eigenvalue weighted by atomic mass is 10.0. The SMILES string of the molecule is CNCc1cc(OCCNC(=O)OC(C)(C)C)cc(-c2ccc(Cl)c(Cl)c2)c1. The smallest absolute Gasteiger partial charge is 0.407 e. The van der Waals surface area contributed by atoms with E-state index in [0.717, 1.165) is 16.7 Å². The van der Waals surface area contributed by atoms with Crippen molar-refractivity contribution in [3.63, 3.8) is 0 Å². The Morgan fingerprint density at radius 3 is 2.43 bits per heavy atom. The van der Waals surface area contributed by atoms with Crippen LogP contribution in [0, 0.1) is 0 Å². The van der Waals surface area contributed by atoms with E-state index in [2.05, 4.69) is 16.7 Å². The summed E-state index contributed by atoms with van der Waals surface area (Å²) in [5.41, 5.74) is 2.47. The summed E-state index contributed by atoms with van der Waals surface area (Å²) in [4.78, 5) is 11.7. The molecule has 0 saturated heterocycles. The summed E-state index contributed by atoms with van der Waals surface area (Å²) in [6.45, 7) is 6.82. The average Bonchev–Trinajstić information content (AvgIpc) is 2.60. The van der Waals surface area contributed by atoms with Gasteiger partial charge in [0.1, 0.15) is 18.0 Å². The molecule has 152 valence electrons. The first-order valence-corrected chi connectivity index (χ1v) is 9.77. The lowest BCUT2D eigenvalue weighted by Gasteiger charge is -2.19. The number of hydrogen-bond donors (Lipinski definition) is 2. The first kappa shape index (κ1) is 22.3. The van der Waals surface area contributed by atoms with E-state index in [1.54, 1.807) is 6.07 Å². The van der Waals surface area contributed by atoms with E-state index in [9.17, 15) is 4.79 Å². The molecule has 0 aliphatic carbocycles. The summed E-state index contributed by atoms with van der Waals surface area (Å²) in [6, 6.07) is 11.5. The molecular formula is C21H26Cl2N2O3. The second kappa shape index (κ2) is 10.0. The zero-order valence-electron chi connectivity index (χ0n) is 16.6. The van der Waals surface area contributed by atoms with Crippen LogP contribution >= 0.6 is 23.2 Å². The molecule has 0 atom stereocenters. The number of ether oxygens (including phenoxy) is 2. The number of carbonyl (C=O) groups is 1. The molecule has 0 fully saturated rings. The third kappa shape index (κ3) is 7.23. The van der Waals surface area contributed by atoms with Crippen LogP contribution in [0.3, 0.4) is 0 Å². The van der Waals surface area contributed by atoms with Gasteiger partial charge in [0, 0.05) is 6.54 Å². The zero-order valence-corrected chi connectivity index (χ0v) is 18.1. The molecule has 0 bridgehead atoms. The van der Waals surface area contributed by atoms with E-state index in [-0.39, 0.29) is 0 Å². The molecule has 0 radical (unpaired) electrons. The number of halogens is 2. The van der Waals surface area contributed by atoms with Crippen molar-refractivity contribution in [3.05, 3.63) is 52.0 Å². The number of hydrogen-bond acceptors (Lipinski definition) is 4. The standard InChI is InChI=1S/C21H26Cl2N2O3/c1-21(2,3)28-20(26)25-7-8-27-17-10-14(13-24-4)9-16(11-17)15-5-6-18(22)19(23)12-15/h5-6,9-12,24H,7-8,13H2,1-4H3,(H,25,26). The fourth-order valence-corrected chi connectivity index (χ4v) is 2.83. The van der Waals surface area contributed by atoms with Crippen LogP contribution in [0.4, 0.5) is 4.79 Å². The largest absolute Gasteiger partial charge is 0.492 e. The van der Waals surface area contributed by atoms with Gasteiger partial charge in [0.05, 0.1) is 16.6 Å². The van der Waals surface area contributed by atoms with E-state index in [1.807, 2.05) is 52.1 Å². The van der Waals surface area contributed by atoms with Crippen molar-refractivity contribution in [1.82, 2.24) is 10.6 Å². The highest BCUT2D eigenvalue weighted by Crippen LogP contribution is 2.31. The van der Waals surface area contributed by atoms with Gasteiger partial charge in [-0.2, -0.15) is 0 Å². The molecule has 2 rings (SSSR count). The van der Waals surface area contributed by atoms with Gasteiger partial charge in [-0.25, -0.2) is 4.79 Å². The van der Waals surface area contributed by atoms with Gasteiger partial charge in [0.25, 0.3) is 0 Å². The minimum atomic E-state index is -0.527. The molecule has 0 saturated carbocycles. The molecule has 2 aromatic rings. The zero-order chi connectivity index (χ0) is 20.7. The van der Waals surface area contributed by atoms with E-state index in [0.29, 0.717) is 35.5 Å². The van der Waals surface area contributed by atoms with Gasteiger partial charge in [-0.05, 0) is 74.8 Å². The maximum Gasteiger partial charge on any atom is 0.407 e. The molecule has 0 aromatic heterocycles. The van der Waals surface area contributed by atoms with Crippen molar-refractivity contribution in [3.8, 4) is 16.9 Å². The van der Waals surface area contributed by atoms with Crippen molar-refractivity contribution < 1.29 is 14.3 Å². The first-order chi connectivity index (χ1) is 13.2. The summed E-state index contributed by atoms with van der Waals surface area (Å²) in [5, 5.41) is 6.83. The Kier molecular flexibility index (Phi) is 7.98. The molecular weight excluding hydrogens is 399 g/mol. The summed E-state index contributed by atoms with van der Waals surface area (Å²) in [5.74, 6) is 0.708. The van der Waals surface area contributed by atoms with Crippen molar-refractivity contribution >= 4 is 29.3 Å². The molecule has 1 amide bonds. The van der Waals surface area contributed by atoms with Gasteiger partial charge < -0.3 is 20.1 Å². The topological polar surface area (TPSA) is 59.6 Å². The Hall–Kier alpha value is -1.95. The fraction of sp³-hybridized carbons (Fsp3) is 0.381. The number of benzene rings is 2. The number of amides is 1. The van der Waals surface area contributed by atoms with Crippen molar-refractivity contribution in [1.29, 1.82) is 0 Å². The number of rotatable bonds is 7. The van der Waals surface area contributed by atoms with E-state index in [1.165, 1.54) is 0 Å². The Morgan fingerprint density at radius 1 is 1.04 bits per heavy atom. The predicted octanol–water partition coefficient (Wildman–Crippen LogP) is 5.28. The molecule has 28 heavy (non-hydrogen) atoms. The lowest BCUT2D eigenvalue weighted by molar-refractivity contribution is 0.0520. The minimum Gasteiger partial charge on any atom is -0.492 e. The highest BCUT2D eigenvalue weighted by molar-refractivity contribution is 6.42. The van der Waals surface area contributed by atoms with Crippen molar-refractivity contribution in [2.45, 2.75) is 32.9 Å². The monoisotopic (exact) mass is 424 g/mol. The van der Waals surface area contributed by atoms with Gasteiger partial charge in [-0.15, -0.1) is 0 Å². The van der Waals surface area contributed by atoms with Crippen LogP contribution in [0.15, 0.2) is 36.4 Å². The molecule has 2 aromatic carbocycles. The van der Waals surface area contributed by atoms with Crippen LogP contribution in [0.2, 0.25) is 10.0 Å². The Morgan fingerprint density at radius 2 is 1.79 bits per heavy atom. The normalized spacial score (nSPS) is 11.2. The Labute approximate surface area is 176 Å². The Bertz CT molecular complexity index is 820. The van der Waals surface area contributed by atoms with Crippen LogP contribution in [0.25, 0.3) is 11.1 Å². The summed E-state index contributed by atoms with van der Waals surface area (Å²) in [7, 11) is 1.89. The van der Waals surface area contributed by atoms with Crippen LogP contribution in [-0.2, 0) is 11.3 Å². The quantitative estimate of drug-likeness (QED) is 0.593. The van der Waals surface area contributed by atoms with Gasteiger partial charge in [0.2, 0.25) is 0 Å². The highest BCUT2D eigenvalue weighted by Gasteiger charge is 2.15. The van der Waals surface area contributed by atoms with Crippen LogP contribution in [0.5, 0.6) is 5.75 Å². The molecule has 0 unspecified atom stereocenters. The van der Waals surface area contributed by atoms with Gasteiger partial charge in [-0.1, -0.05) is 29.3 Å². The van der Waals surface area contributed by atoms with Crippen molar-refractivity contribution in [2.24, 2.45) is 0 Å². The molecule has 0 spiro atoms. The molecule has 5 nitrogen and oxygen atoms in total. The van der Waals surface area contributed by atoms with Crippen molar-refractivity contribution in [2.75, 3.05) is 20.2 Å². The molecule has 7 heteroatoms. The summed E-state index contributed by atoms with van der Waals surface area (Å²) in [6.07, 6.45) is -0.462. The first-order valence-electron chi connectivity index (χ1n) is 9.01. The third-order valence-electron chi connectivity index (χ3n) is 3.64. The minimum absolute atomic E-state index is 0.322. The average molecular weight is 425 g/mol. The Balaban J connectivity index is 2.06. The highest BCUT2D eigenvalue weighted by atomic mass is 35.5. The number of nitrogens with one attached hydrogen (secondary N) is 2. The second-order valence-electron chi connectivity index (χ2n) is 7.30.